The highest BCUT2D eigenvalue weighted by Crippen LogP contribution is 2.20. The first kappa shape index (κ1) is 18.9. The van der Waals surface area contributed by atoms with Crippen molar-refractivity contribution in [2.45, 2.75) is 39.5 Å². The molecular formula is C13H20F2IN3O. The molecule has 0 saturated carbocycles. The van der Waals surface area contributed by atoms with Crippen molar-refractivity contribution in [1.82, 2.24) is 5.32 Å². The van der Waals surface area contributed by atoms with Crippen LogP contribution in [0.25, 0.3) is 0 Å². The van der Waals surface area contributed by atoms with Crippen molar-refractivity contribution >= 4 is 29.9 Å². The molecule has 7 heteroatoms. The van der Waals surface area contributed by atoms with Crippen LogP contribution in [-0.4, -0.2) is 18.1 Å². The third kappa shape index (κ3) is 7.46. The van der Waals surface area contributed by atoms with Crippen LogP contribution >= 0.6 is 24.0 Å². The smallest absolute Gasteiger partial charge is 0.387 e. The minimum atomic E-state index is -2.85. The van der Waals surface area contributed by atoms with Crippen LogP contribution in [0.15, 0.2) is 29.3 Å². The molecule has 4 nitrogen and oxygen atoms in total. The van der Waals surface area contributed by atoms with Gasteiger partial charge in [-0.1, -0.05) is 18.2 Å². The third-order valence-corrected chi connectivity index (χ3v) is 2.11. The summed E-state index contributed by atoms with van der Waals surface area (Å²) in [7, 11) is 0. The molecule has 0 spiro atoms. The van der Waals surface area contributed by atoms with Gasteiger partial charge >= 0.3 is 6.61 Å². The van der Waals surface area contributed by atoms with Gasteiger partial charge in [-0.15, -0.1) is 24.0 Å². The number of nitrogens with zero attached hydrogens (tertiary/aromatic N) is 1. The summed E-state index contributed by atoms with van der Waals surface area (Å²) in [5, 5.41) is 2.99. The van der Waals surface area contributed by atoms with E-state index >= 15 is 0 Å². The highest BCUT2D eigenvalue weighted by atomic mass is 127. The van der Waals surface area contributed by atoms with E-state index in [1.165, 1.54) is 6.07 Å². The maximum atomic E-state index is 12.2. The molecule has 0 aliphatic rings. The van der Waals surface area contributed by atoms with E-state index in [4.69, 9.17) is 5.73 Å². The summed E-state index contributed by atoms with van der Waals surface area (Å²) in [5.74, 6) is 0.379. The highest BCUT2D eigenvalue weighted by molar-refractivity contribution is 14.0. The molecule has 0 aliphatic carbocycles. The fourth-order valence-electron chi connectivity index (χ4n) is 1.44. The molecule has 1 aromatic carbocycles. The molecule has 0 bridgehead atoms. The number of nitrogens with two attached hydrogens (primary N) is 1. The largest absolute Gasteiger partial charge is 0.434 e. The lowest BCUT2D eigenvalue weighted by molar-refractivity contribution is -0.0504. The molecule has 0 aromatic heterocycles. The fourth-order valence-corrected chi connectivity index (χ4v) is 1.44. The van der Waals surface area contributed by atoms with Crippen molar-refractivity contribution in [3.05, 3.63) is 29.8 Å². The summed E-state index contributed by atoms with van der Waals surface area (Å²) in [6, 6.07) is 6.51. The van der Waals surface area contributed by atoms with Crippen LogP contribution in [-0.2, 0) is 6.54 Å². The normalized spacial score (nSPS) is 12.0. The van der Waals surface area contributed by atoms with Crippen molar-refractivity contribution in [1.29, 1.82) is 0 Å². The predicted octanol–water partition coefficient (Wildman–Crippen LogP) is 3.11. The third-order valence-electron chi connectivity index (χ3n) is 2.11. The second-order valence-corrected chi connectivity index (χ2v) is 5.06. The quantitative estimate of drug-likeness (QED) is 0.465. The molecule has 3 N–H and O–H groups in total. The summed E-state index contributed by atoms with van der Waals surface area (Å²) in [5.41, 5.74) is 6.06. The van der Waals surface area contributed by atoms with Gasteiger partial charge in [-0.2, -0.15) is 8.78 Å². The molecular weight excluding hydrogens is 379 g/mol. The number of para-hydroxylation sites is 1. The summed E-state index contributed by atoms with van der Waals surface area (Å²) in [6.07, 6.45) is 0. The minimum Gasteiger partial charge on any atom is -0.434 e. The van der Waals surface area contributed by atoms with E-state index < -0.39 is 6.61 Å². The number of hydrogen-bond donors (Lipinski definition) is 2. The molecule has 0 saturated heterocycles. The molecule has 0 fully saturated rings. The van der Waals surface area contributed by atoms with Crippen LogP contribution in [0.4, 0.5) is 8.78 Å². The lowest BCUT2D eigenvalue weighted by atomic mass is 10.1. The van der Waals surface area contributed by atoms with Crippen LogP contribution in [0.5, 0.6) is 5.75 Å². The van der Waals surface area contributed by atoms with Crippen molar-refractivity contribution in [3.63, 3.8) is 0 Å². The standard InChI is InChI=1S/C13H19F2N3O.HI/c1-13(2,3)18-12(16)17-8-9-6-4-5-7-10(9)19-11(14)15;/h4-7,11H,8H2,1-3H3,(H3,16,17,18);1H. The van der Waals surface area contributed by atoms with Crippen LogP contribution in [0.1, 0.15) is 26.3 Å². The lowest BCUT2D eigenvalue weighted by Gasteiger charge is -2.21. The summed E-state index contributed by atoms with van der Waals surface area (Å²) in [4.78, 5) is 4.11. The van der Waals surface area contributed by atoms with Gasteiger partial charge in [-0.25, -0.2) is 4.99 Å². The van der Waals surface area contributed by atoms with Gasteiger partial charge in [0.25, 0.3) is 0 Å². The van der Waals surface area contributed by atoms with Gasteiger partial charge in [0.2, 0.25) is 0 Å². The SMILES string of the molecule is CC(C)(C)NC(N)=NCc1ccccc1OC(F)F.I. The number of ether oxygens (including phenoxy) is 1. The van der Waals surface area contributed by atoms with E-state index in [-0.39, 0.29) is 47.8 Å². The van der Waals surface area contributed by atoms with Crippen LogP contribution in [0.3, 0.4) is 0 Å². The Morgan fingerprint density at radius 2 is 1.95 bits per heavy atom. The Balaban J connectivity index is 0.00000361. The maximum absolute atomic E-state index is 12.2. The molecule has 1 aromatic rings. The summed E-state index contributed by atoms with van der Waals surface area (Å²) >= 11 is 0. The van der Waals surface area contributed by atoms with Gasteiger partial charge in [0.15, 0.2) is 5.96 Å². The molecule has 0 unspecified atom stereocenters. The van der Waals surface area contributed by atoms with Crippen molar-refractivity contribution in [2.24, 2.45) is 10.7 Å². The molecule has 0 heterocycles. The van der Waals surface area contributed by atoms with Crippen molar-refractivity contribution in [3.8, 4) is 5.75 Å². The first-order valence-electron chi connectivity index (χ1n) is 5.89. The average Bonchev–Trinajstić information content (AvgIpc) is 2.24. The predicted molar refractivity (Wildman–Crippen MR) is 86.7 cm³/mol. The zero-order valence-electron chi connectivity index (χ0n) is 11.7. The molecule has 0 amide bonds. The number of rotatable bonds is 4. The van der Waals surface area contributed by atoms with Gasteiger partial charge in [0, 0.05) is 11.1 Å². The monoisotopic (exact) mass is 399 g/mol. The number of halogens is 3. The molecule has 20 heavy (non-hydrogen) atoms. The number of aliphatic imine (C=N–C) groups is 1. The Kier molecular flexibility index (Phi) is 7.77. The van der Waals surface area contributed by atoms with Crippen LogP contribution < -0.4 is 15.8 Å². The van der Waals surface area contributed by atoms with E-state index in [0.29, 0.717) is 5.56 Å². The van der Waals surface area contributed by atoms with E-state index in [2.05, 4.69) is 15.0 Å². The topological polar surface area (TPSA) is 59.6 Å². The van der Waals surface area contributed by atoms with Crippen molar-refractivity contribution in [2.75, 3.05) is 0 Å². The molecule has 0 radical (unpaired) electrons. The number of alkyl halides is 2. The van der Waals surface area contributed by atoms with Crippen LogP contribution in [0.2, 0.25) is 0 Å². The van der Waals surface area contributed by atoms with E-state index in [0.717, 1.165) is 0 Å². The Morgan fingerprint density at radius 1 is 1.35 bits per heavy atom. The Hall–Kier alpha value is -1.12. The Labute approximate surface area is 134 Å². The zero-order valence-corrected chi connectivity index (χ0v) is 14.0. The Bertz CT molecular complexity index is 447. The van der Waals surface area contributed by atoms with Gasteiger partial charge in [-0.3, -0.25) is 0 Å². The highest BCUT2D eigenvalue weighted by Gasteiger charge is 2.11. The van der Waals surface area contributed by atoms with Gasteiger partial charge in [-0.05, 0) is 26.8 Å². The average molecular weight is 399 g/mol. The van der Waals surface area contributed by atoms with Crippen LogP contribution in [0, 0.1) is 0 Å². The van der Waals surface area contributed by atoms with Gasteiger partial charge in [0.1, 0.15) is 5.75 Å². The van der Waals surface area contributed by atoms with E-state index in [1.807, 2.05) is 20.8 Å². The first-order valence-corrected chi connectivity index (χ1v) is 5.89. The number of benzene rings is 1. The van der Waals surface area contributed by atoms with Gasteiger partial charge < -0.3 is 15.8 Å². The second-order valence-electron chi connectivity index (χ2n) is 5.06. The number of nitrogens with one attached hydrogen (secondary N) is 1. The zero-order chi connectivity index (χ0) is 14.5. The van der Waals surface area contributed by atoms with E-state index in [1.54, 1.807) is 18.2 Å². The molecule has 114 valence electrons. The maximum Gasteiger partial charge on any atom is 0.387 e. The summed E-state index contributed by atoms with van der Waals surface area (Å²) in [6.45, 7) is 3.17. The molecule has 1 rings (SSSR count). The molecule has 0 atom stereocenters. The van der Waals surface area contributed by atoms with Crippen molar-refractivity contribution < 1.29 is 13.5 Å². The minimum absolute atomic E-state index is 0. The van der Waals surface area contributed by atoms with Gasteiger partial charge in [0.05, 0.1) is 6.54 Å². The number of hydrogen-bond acceptors (Lipinski definition) is 2. The molecule has 0 aliphatic heterocycles. The van der Waals surface area contributed by atoms with E-state index in [9.17, 15) is 8.78 Å². The second kappa shape index (κ2) is 8.23. The first-order chi connectivity index (χ1) is 8.78. The fraction of sp³-hybridized carbons (Fsp3) is 0.462. The summed E-state index contributed by atoms with van der Waals surface area (Å²) < 4.78 is 28.9. The lowest BCUT2D eigenvalue weighted by Crippen LogP contribution is -2.44. The Morgan fingerprint density at radius 3 is 2.50 bits per heavy atom. The number of guanidine groups is 1.